The summed E-state index contributed by atoms with van der Waals surface area (Å²) in [4.78, 5) is 14.7. The summed E-state index contributed by atoms with van der Waals surface area (Å²) in [6.45, 7) is 4.02. The number of likely N-dealkylation sites (tertiary alicyclic amines) is 1. The Hall–Kier alpha value is -1.46. The van der Waals surface area contributed by atoms with Gasteiger partial charge in [0, 0.05) is 37.5 Å². The van der Waals surface area contributed by atoms with Gasteiger partial charge < -0.3 is 14.7 Å². The molecule has 1 amide bonds. The van der Waals surface area contributed by atoms with Crippen molar-refractivity contribution in [2.45, 2.75) is 50.7 Å². The van der Waals surface area contributed by atoms with Crippen LogP contribution in [0, 0.1) is 17.2 Å². The fourth-order valence-electron chi connectivity index (χ4n) is 4.77. The van der Waals surface area contributed by atoms with Crippen LogP contribution >= 0.6 is 0 Å². The zero-order valence-electron chi connectivity index (χ0n) is 14.7. The molecule has 3 fully saturated rings. The highest BCUT2D eigenvalue weighted by atomic mass is 19.1. The van der Waals surface area contributed by atoms with E-state index in [1.165, 1.54) is 6.07 Å². The van der Waals surface area contributed by atoms with Crippen LogP contribution in [0.5, 0.6) is 0 Å². The minimum Gasteiger partial charge on any atom is -0.392 e. The summed E-state index contributed by atoms with van der Waals surface area (Å²) in [7, 11) is 0. The molecule has 1 heterocycles. The van der Waals surface area contributed by atoms with Crippen molar-refractivity contribution < 1.29 is 19.0 Å². The van der Waals surface area contributed by atoms with Gasteiger partial charge in [0.25, 0.3) is 0 Å². The van der Waals surface area contributed by atoms with Crippen LogP contribution in [-0.4, -0.2) is 47.8 Å². The Morgan fingerprint density at radius 3 is 2.76 bits per heavy atom. The second-order valence-electron chi connectivity index (χ2n) is 7.76. The highest BCUT2D eigenvalue weighted by Gasteiger charge is 2.57. The number of hydrogen-bond acceptors (Lipinski definition) is 3. The number of rotatable bonds is 4. The molecule has 1 spiro atoms. The quantitative estimate of drug-likeness (QED) is 0.911. The number of carbonyl (C=O) groups excluding carboxylic acids is 1. The Morgan fingerprint density at radius 2 is 2.12 bits per heavy atom. The van der Waals surface area contributed by atoms with Crippen LogP contribution in [0.25, 0.3) is 0 Å². The van der Waals surface area contributed by atoms with E-state index in [9.17, 15) is 14.3 Å². The minimum atomic E-state index is -0.303. The Labute approximate surface area is 148 Å². The van der Waals surface area contributed by atoms with Crippen molar-refractivity contribution in [1.82, 2.24) is 4.90 Å². The molecule has 4 nitrogen and oxygen atoms in total. The molecule has 25 heavy (non-hydrogen) atoms. The molecule has 1 saturated heterocycles. The number of amides is 1. The Bertz CT molecular complexity index is 654. The zero-order valence-corrected chi connectivity index (χ0v) is 14.7. The predicted molar refractivity (Wildman–Crippen MR) is 91.5 cm³/mol. The van der Waals surface area contributed by atoms with Gasteiger partial charge in [0.2, 0.25) is 5.91 Å². The maximum atomic E-state index is 13.4. The average molecular weight is 347 g/mol. The number of ether oxygens (including phenoxy) is 1. The average Bonchev–Trinajstić information content (AvgIpc) is 3.42. The van der Waals surface area contributed by atoms with E-state index in [2.05, 4.69) is 0 Å². The topological polar surface area (TPSA) is 49.8 Å². The van der Waals surface area contributed by atoms with Gasteiger partial charge in [0.15, 0.2) is 0 Å². The van der Waals surface area contributed by atoms with E-state index >= 15 is 0 Å². The van der Waals surface area contributed by atoms with Gasteiger partial charge in [-0.15, -0.1) is 0 Å². The highest BCUT2D eigenvalue weighted by molar-refractivity contribution is 5.83. The van der Waals surface area contributed by atoms with E-state index in [4.69, 9.17) is 4.74 Å². The SMILES string of the molecule is CCO[C@@H]1C[C@H](O)C12CCN(C(=O)[C@H]1C[C@H]1c1cccc(F)c1)CC2. The van der Waals surface area contributed by atoms with Crippen LogP contribution in [0.4, 0.5) is 4.39 Å². The number of hydrogen-bond donors (Lipinski definition) is 1. The first-order chi connectivity index (χ1) is 12.0. The number of aliphatic hydroxyl groups excluding tert-OH is 1. The maximum absolute atomic E-state index is 13.4. The number of nitrogens with zero attached hydrogens (tertiary/aromatic N) is 1. The minimum absolute atomic E-state index is 0.00940. The second-order valence-corrected chi connectivity index (χ2v) is 7.76. The van der Waals surface area contributed by atoms with Crippen molar-refractivity contribution in [3.63, 3.8) is 0 Å². The molecule has 0 unspecified atom stereocenters. The third-order valence-corrected chi connectivity index (χ3v) is 6.50. The standard InChI is InChI=1S/C20H26FNO3/c1-2-25-18-12-17(23)20(18)6-8-22(9-7-20)19(24)16-11-15(16)13-4-3-5-14(21)10-13/h3-5,10,15-18,23H,2,6-9,11-12H2,1H3/t15-,16-,17-,18+/m0/s1. The van der Waals surface area contributed by atoms with Crippen LogP contribution in [-0.2, 0) is 9.53 Å². The molecule has 5 heteroatoms. The zero-order chi connectivity index (χ0) is 17.6. The summed E-state index contributed by atoms with van der Waals surface area (Å²) in [6.07, 6.45) is 2.97. The molecule has 4 rings (SSSR count). The largest absolute Gasteiger partial charge is 0.392 e. The van der Waals surface area contributed by atoms with Crippen molar-refractivity contribution in [3.05, 3.63) is 35.6 Å². The fourth-order valence-corrected chi connectivity index (χ4v) is 4.77. The predicted octanol–water partition coefficient (Wildman–Crippen LogP) is 2.71. The monoisotopic (exact) mass is 347 g/mol. The molecule has 1 N–H and O–H groups in total. The molecular weight excluding hydrogens is 321 g/mol. The van der Waals surface area contributed by atoms with Crippen molar-refractivity contribution in [2.24, 2.45) is 11.3 Å². The van der Waals surface area contributed by atoms with Gasteiger partial charge in [0.05, 0.1) is 12.2 Å². The first kappa shape index (κ1) is 17.0. The van der Waals surface area contributed by atoms with Gasteiger partial charge in [-0.05, 0) is 49.8 Å². The lowest BCUT2D eigenvalue weighted by atomic mass is 9.58. The summed E-state index contributed by atoms with van der Waals surface area (Å²) < 4.78 is 19.2. The lowest BCUT2D eigenvalue weighted by Crippen LogP contribution is -2.62. The first-order valence-corrected chi connectivity index (χ1v) is 9.39. The molecule has 0 bridgehead atoms. The molecule has 2 saturated carbocycles. The van der Waals surface area contributed by atoms with Gasteiger partial charge >= 0.3 is 0 Å². The highest BCUT2D eigenvalue weighted by Crippen LogP contribution is 2.53. The molecule has 2 aliphatic carbocycles. The second kappa shape index (κ2) is 6.36. The van der Waals surface area contributed by atoms with Crippen LogP contribution in [0.3, 0.4) is 0 Å². The number of benzene rings is 1. The summed E-state index contributed by atoms with van der Waals surface area (Å²) in [6, 6.07) is 6.59. The molecular formula is C20H26FNO3. The number of carbonyl (C=O) groups is 1. The maximum Gasteiger partial charge on any atom is 0.226 e. The van der Waals surface area contributed by atoms with Gasteiger partial charge in [-0.2, -0.15) is 0 Å². The van der Waals surface area contributed by atoms with Crippen molar-refractivity contribution in [3.8, 4) is 0 Å². The molecule has 0 aromatic heterocycles. The number of piperidine rings is 1. The van der Waals surface area contributed by atoms with Crippen molar-refractivity contribution >= 4 is 5.91 Å². The molecule has 136 valence electrons. The van der Waals surface area contributed by atoms with E-state index in [-0.39, 0.29) is 41.2 Å². The Balaban J connectivity index is 1.35. The molecule has 4 atom stereocenters. The number of halogens is 1. The summed E-state index contributed by atoms with van der Waals surface area (Å²) in [5, 5.41) is 10.3. The van der Waals surface area contributed by atoms with Gasteiger partial charge in [-0.25, -0.2) is 4.39 Å². The fraction of sp³-hybridized carbons (Fsp3) is 0.650. The van der Waals surface area contributed by atoms with E-state index in [0.717, 1.165) is 24.8 Å². The van der Waals surface area contributed by atoms with E-state index < -0.39 is 0 Å². The Morgan fingerprint density at radius 1 is 1.36 bits per heavy atom. The van der Waals surface area contributed by atoms with Crippen molar-refractivity contribution in [2.75, 3.05) is 19.7 Å². The summed E-state index contributed by atoms with van der Waals surface area (Å²) >= 11 is 0. The van der Waals surface area contributed by atoms with Gasteiger partial charge in [0.1, 0.15) is 5.82 Å². The third kappa shape index (κ3) is 2.87. The van der Waals surface area contributed by atoms with Gasteiger partial charge in [-0.3, -0.25) is 4.79 Å². The van der Waals surface area contributed by atoms with Crippen LogP contribution in [0.15, 0.2) is 24.3 Å². The van der Waals surface area contributed by atoms with Crippen LogP contribution in [0.2, 0.25) is 0 Å². The lowest BCUT2D eigenvalue weighted by Gasteiger charge is -2.56. The lowest BCUT2D eigenvalue weighted by molar-refractivity contribution is -0.210. The van der Waals surface area contributed by atoms with Gasteiger partial charge in [-0.1, -0.05) is 12.1 Å². The normalized spacial score (nSPS) is 33.2. The molecule has 3 aliphatic rings. The van der Waals surface area contributed by atoms with Crippen LogP contribution < -0.4 is 0 Å². The van der Waals surface area contributed by atoms with E-state index in [1.807, 2.05) is 17.9 Å². The van der Waals surface area contributed by atoms with E-state index in [1.54, 1.807) is 12.1 Å². The smallest absolute Gasteiger partial charge is 0.226 e. The van der Waals surface area contributed by atoms with Crippen molar-refractivity contribution in [1.29, 1.82) is 0 Å². The first-order valence-electron chi connectivity index (χ1n) is 9.39. The molecule has 0 radical (unpaired) electrons. The Kier molecular flexibility index (Phi) is 4.32. The van der Waals surface area contributed by atoms with Crippen LogP contribution in [0.1, 0.15) is 44.1 Å². The molecule has 1 aromatic carbocycles. The molecule has 1 aromatic rings. The summed E-state index contributed by atoms with van der Waals surface area (Å²) in [5.41, 5.74) is 0.774. The third-order valence-electron chi connectivity index (χ3n) is 6.50. The van der Waals surface area contributed by atoms with E-state index in [0.29, 0.717) is 26.1 Å². The molecule has 1 aliphatic heterocycles. The summed E-state index contributed by atoms with van der Waals surface area (Å²) in [5.74, 6) is 0.0942. The number of aliphatic hydroxyl groups is 1.